The number of nitrogens with zero attached hydrogens (tertiary/aromatic N) is 2. The van der Waals surface area contributed by atoms with E-state index in [-0.39, 0.29) is 18.0 Å². The van der Waals surface area contributed by atoms with Crippen LogP contribution in [-0.2, 0) is 4.79 Å². The molecule has 1 unspecified atom stereocenters. The zero-order valence-corrected chi connectivity index (χ0v) is 19.9. The molecule has 1 aliphatic heterocycles. The number of carbonyl (C=O) groups excluding carboxylic acids is 1. The summed E-state index contributed by atoms with van der Waals surface area (Å²) in [5.74, 6) is -0.0249. The van der Waals surface area contributed by atoms with Crippen LogP contribution < -0.4 is 10.3 Å². The summed E-state index contributed by atoms with van der Waals surface area (Å²) in [6, 6.07) is 14.6. The van der Waals surface area contributed by atoms with Gasteiger partial charge in [0.15, 0.2) is 0 Å². The molecule has 0 saturated heterocycles. The number of benzene rings is 2. The lowest BCUT2D eigenvalue weighted by Crippen LogP contribution is -2.39. The Morgan fingerprint density at radius 1 is 1.03 bits per heavy atom. The van der Waals surface area contributed by atoms with Crippen LogP contribution in [0, 0.1) is 13.8 Å². The number of hydrogen-bond acceptors (Lipinski definition) is 3. The van der Waals surface area contributed by atoms with Gasteiger partial charge < -0.3 is 5.32 Å². The average Bonchev–Trinajstić information content (AvgIpc) is 3.22. The molecule has 166 valence electrons. The van der Waals surface area contributed by atoms with Crippen molar-refractivity contribution >= 4 is 28.9 Å². The highest BCUT2D eigenvalue weighted by atomic mass is 35.5. The Morgan fingerprint density at radius 2 is 1.71 bits per heavy atom. The largest absolute Gasteiger partial charge is 0.348 e. The molecule has 1 amide bonds. The Hall–Kier alpha value is -2.33. The zero-order chi connectivity index (χ0) is 22.4. The first-order valence-electron chi connectivity index (χ1n) is 11.5. The van der Waals surface area contributed by atoms with Crippen molar-refractivity contribution in [3.63, 3.8) is 0 Å². The van der Waals surface area contributed by atoms with Gasteiger partial charge in [-0.2, -0.15) is 5.10 Å². The van der Waals surface area contributed by atoms with Gasteiger partial charge in [0, 0.05) is 17.5 Å². The van der Waals surface area contributed by atoms with Crippen molar-refractivity contribution in [2.24, 2.45) is 5.10 Å². The molecular weight excluding hydrogens is 406 g/mol. The molecule has 1 saturated carbocycles. The van der Waals surface area contributed by atoms with E-state index in [1.54, 1.807) is 0 Å². The second-order valence-corrected chi connectivity index (χ2v) is 8.70. The number of hydrazone groups is 1. The highest BCUT2D eigenvalue weighted by molar-refractivity contribution is 6.39. The van der Waals surface area contributed by atoms with E-state index < -0.39 is 0 Å². The Labute approximate surface area is 191 Å². The van der Waals surface area contributed by atoms with Gasteiger partial charge in [0.2, 0.25) is 0 Å². The maximum Gasteiger partial charge on any atom is 0.267 e. The SMILES string of the molecule is CC.Cc1ccc(C2CC(C(=O)NC3CCCCC3)=NN2c2ccc(Cl)cc2C)cc1. The summed E-state index contributed by atoms with van der Waals surface area (Å²) in [5, 5.41) is 10.7. The summed E-state index contributed by atoms with van der Waals surface area (Å²) in [4.78, 5) is 13.0. The standard InChI is InChI=1S/C24H28ClN3O.C2H6/c1-16-8-10-18(11-9-16)23-15-21(24(29)26-20-6-4-3-5-7-20)27-28(23)22-13-12-19(25)14-17(22)2;1-2/h8-14,20,23H,3-7,15H2,1-2H3,(H,26,29);1-2H3. The lowest BCUT2D eigenvalue weighted by molar-refractivity contribution is -0.115. The highest BCUT2D eigenvalue weighted by Crippen LogP contribution is 2.37. The van der Waals surface area contributed by atoms with Gasteiger partial charge in [0.25, 0.3) is 5.91 Å². The molecule has 2 aromatic rings. The lowest BCUT2D eigenvalue weighted by atomic mass is 9.95. The van der Waals surface area contributed by atoms with Gasteiger partial charge in [0.1, 0.15) is 5.71 Å². The smallest absolute Gasteiger partial charge is 0.267 e. The second kappa shape index (κ2) is 10.8. The number of carbonyl (C=O) groups is 1. The molecule has 0 aromatic heterocycles. The van der Waals surface area contributed by atoms with Gasteiger partial charge in [-0.05, 0) is 56.0 Å². The van der Waals surface area contributed by atoms with Crippen molar-refractivity contribution in [1.82, 2.24) is 5.32 Å². The summed E-state index contributed by atoms with van der Waals surface area (Å²) in [7, 11) is 0. The van der Waals surface area contributed by atoms with E-state index >= 15 is 0 Å². The topological polar surface area (TPSA) is 44.7 Å². The summed E-state index contributed by atoms with van der Waals surface area (Å²) in [6.07, 6.45) is 6.40. The van der Waals surface area contributed by atoms with Crippen LogP contribution in [-0.4, -0.2) is 17.7 Å². The maximum atomic E-state index is 13.0. The number of hydrogen-bond donors (Lipinski definition) is 1. The minimum absolute atomic E-state index is 0.00239. The molecule has 0 bridgehead atoms. The third kappa shape index (κ3) is 5.68. The van der Waals surface area contributed by atoms with Gasteiger partial charge >= 0.3 is 0 Å². The molecule has 5 heteroatoms. The fraction of sp³-hybridized carbons (Fsp3) is 0.462. The van der Waals surface area contributed by atoms with E-state index in [9.17, 15) is 4.79 Å². The fourth-order valence-electron chi connectivity index (χ4n) is 4.31. The molecule has 0 radical (unpaired) electrons. The Kier molecular flexibility index (Phi) is 8.14. The van der Waals surface area contributed by atoms with Crippen molar-refractivity contribution in [2.45, 2.75) is 78.3 Å². The maximum absolute atomic E-state index is 13.0. The molecule has 1 atom stereocenters. The van der Waals surface area contributed by atoms with Crippen molar-refractivity contribution < 1.29 is 4.79 Å². The first-order chi connectivity index (χ1) is 15.0. The average molecular weight is 440 g/mol. The number of halogens is 1. The molecule has 1 aliphatic carbocycles. The minimum Gasteiger partial charge on any atom is -0.348 e. The summed E-state index contributed by atoms with van der Waals surface area (Å²) in [6.45, 7) is 8.11. The molecule has 0 spiro atoms. The summed E-state index contributed by atoms with van der Waals surface area (Å²) >= 11 is 6.16. The quantitative estimate of drug-likeness (QED) is 0.573. The molecule has 4 rings (SSSR count). The van der Waals surface area contributed by atoms with Gasteiger partial charge in [-0.1, -0.05) is 74.5 Å². The van der Waals surface area contributed by atoms with E-state index in [0.29, 0.717) is 17.2 Å². The van der Waals surface area contributed by atoms with E-state index in [1.165, 1.54) is 24.8 Å². The van der Waals surface area contributed by atoms with Crippen LogP contribution in [0.2, 0.25) is 5.02 Å². The Balaban J connectivity index is 0.00000132. The van der Waals surface area contributed by atoms with Crippen LogP contribution in [0.3, 0.4) is 0 Å². The van der Waals surface area contributed by atoms with Crippen LogP contribution in [0.5, 0.6) is 0 Å². The van der Waals surface area contributed by atoms with Gasteiger partial charge in [-0.25, -0.2) is 0 Å². The van der Waals surface area contributed by atoms with Gasteiger partial charge in [0.05, 0.1) is 11.7 Å². The second-order valence-electron chi connectivity index (χ2n) is 8.26. The molecule has 1 heterocycles. The third-order valence-electron chi connectivity index (χ3n) is 5.98. The fourth-order valence-corrected chi connectivity index (χ4v) is 4.54. The van der Waals surface area contributed by atoms with Crippen molar-refractivity contribution in [3.8, 4) is 0 Å². The molecule has 4 nitrogen and oxygen atoms in total. The Morgan fingerprint density at radius 3 is 2.35 bits per heavy atom. The first kappa shape index (κ1) is 23.3. The predicted octanol–water partition coefficient (Wildman–Crippen LogP) is 6.74. The summed E-state index contributed by atoms with van der Waals surface area (Å²) in [5.41, 5.74) is 5.02. The van der Waals surface area contributed by atoms with E-state index in [2.05, 4.69) is 36.5 Å². The molecule has 1 fully saturated rings. The third-order valence-corrected chi connectivity index (χ3v) is 6.22. The molecule has 31 heavy (non-hydrogen) atoms. The monoisotopic (exact) mass is 439 g/mol. The number of anilines is 1. The molecular formula is C26H34ClN3O. The van der Waals surface area contributed by atoms with Crippen molar-refractivity contribution in [2.75, 3.05) is 5.01 Å². The van der Waals surface area contributed by atoms with Crippen LogP contribution in [0.1, 0.15) is 75.1 Å². The molecule has 1 N–H and O–H groups in total. The van der Waals surface area contributed by atoms with Gasteiger partial charge in [-0.3, -0.25) is 9.80 Å². The minimum atomic E-state index is -0.0249. The number of nitrogens with one attached hydrogen (secondary N) is 1. The number of rotatable bonds is 4. The molecule has 2 aliphatic rings. The summed E-state index contributed by atoms with van der Waals surface area (Å²) < 4.78 is 0. The van der Waals surface area contributed by atoms with Gasteiger partial charge in [-0.15, -0.1) is 0 Å². The normalized spacial score (nSPS) is 18.8. The van der Waals surface area contributed by atoms with Crippen LogP contribution in [0.4, 0.5) is 5.69 Å². The number of aryl methyl sites for hydroxylation is 2. The first-order valence-corrected chi connectivity index (χ1v) is 11.9. The zero-order valence-electron chi connectivity index (χ0n) is 19.1. The lowest BCUT2D eigenvalue weighted by Gasteiger charge is -2.25. The van der Waals surface area contributed by atoms with Crippen LogP contribution >= 0.6 is 11.6 Å². The van der Waals surface area contributed by atoms with E-state index in [1.807, 2.05) is 44.0 Å². The molecule has 2 aromatic carbocycles. The van der Waals surface area contributed by atoms with E-state index in [0.717, 1.165) is 29.7 Å². The van der Waals surface area contributed by atoms with Crippen molar-refractivity contribution in [1.29, 1.82) is 0 Å². The Bertz CT molecular complexity index is 917. The van der Waals surface area contributed by atoms with Crippen LogP contribution in [0.15, 0.2) is 47.6 Å². The number of amides is 1. The highest BCUT2D eigenvalue weighted by Gasteiger charge is 2.33. The van der Waals surface area contributed by atoms with E-state index in [4.69, 9.17) is 16.7 Å². The predicted molar refractivity (Wildman–Crippen MR) is 131 cm³/mol. The van der Waals surface area contributed by atoms with Crippen LogP contribution in [0.25, 0.3) is 0 Å². The van der Waals surface area contributed by atoms with Crippen molar-refractivity contribution in [3.05, 3.63) is 64.2 Å².